The Kier molecular flexibility index (Phi) is 4.07. The number of hydrogen-bond acceptors (Lipinski definition) is 4. The Bertz CT molecular complexity index is 424. The summed E-state index contributed by atoms with van der Waals surface area (Å²) < 4.78 is 0. The molecular weight excluding hydrogens is 230 g/mol. The molecule has 1 aliphatic heterocycles. The molecule has 2 rings (SSSR count). The fourth-order valence-corrected chi connectivity index (χ4v) is 2.25. The van der Waals surface area contributed by atoms with E-state index in [1.54, 1.807) is 12.1 Å². The highest BCUT2D eigenvalue weighted by atomic mass is 16.6. The molecule has 5 nitrogen and oxygen atoms in total. The van der Waals surface area contributed by atoms with Crippen molar-refractivity contribution in [1.29, 1.82) is 0 Å². The minimum Gasteiger partial charge on any atom is -0.314 e. The van der Waals surface area contributed by atoms with Crippen LogP contribution >= 0.6 is 0 Å². The molecule has 1 saturated heterocycles. The van der Waals surface area contributed by atoms with Crippen LogP contribution in [0.4, 0.5) is 5.69 Å². The summed E-state index contributed by atoms with van der Waals surface area (Å²) in [4.78, 5) is 12.6. The van der Waals surface area contributed by atoms with Crippen LogP contribution in [0, 0.1) is 10.1 Å². The molecule has 1 fully saturated rings. The fourth-order valence-electron chi connectivity index (χ4n) is 2.25. The van der Waals surface area contributed by atoms with Gasteiger partial charge < -0.3 is 5.32 Å². The van der Waals surface area contributed by atoms with Crippen molar-refractivity contribution in [2.45, 2.75) is 6.04 Å². The Morgan fingerprint density at radius 3 is 2.44 bits per heavy atom. The van der Waals surface area contributed by atoms with Gasteiger partial charge in [0.25, 0.3) is 5.69 Å². The minimum absolute atomic E-state index is 0.127. The Morgan fingerprint density at radius 1 is 1.33 bits per heavy atom. The molecule has 96 valence electrons. The predicted molar refractivity (Wildman–Crippen MR) is 70.5 cm³/mol. The molecule has 1 atom stereocenters. The average Bonchev–Trinajstić information content (AvgIpc) is 2.41. The number of hydrogen-bond donors (Lipinski definition) is 1. The van der Waals surface area contributed by atoms with Crippen molar-refractivity contribution < 1.29 is 4.92 Å². The topological polar surface area (TPSA) is 58.4 Å². The normalized spacial score (nSPS) is 18.2. The summed E-state index contributed by atoms with van der Waals surface area (Å²) in [6.45, 7) is 7.75. The van der Waals surface area contributed by atoms with E-state index in [1.165, 1.54) is 0 Å². The van der Waals surface area contributed by atoms with E-state index in [1.807, 2.05) is 18.2 Å². The zero-order valence-corrected chi connectivity index (χ0v) is 10.2. The monoisotopic (exact) mass is 247 g/mol. The lowest BCUT2D eigenvalue weighted by Gasteiger charge is -2.33. The molecular formula is C13H17N3O2. The van der Waals surface area contributed by atoms with Crippen LogP contribution in [0.5, 0.6) is 0 Å². The quantitative estimate of drug-likeness (QED) is 0.500. The van der Waals surface area contributed by atoms with Crippen LogP contribution in [-0.4, -0.2) is 36.0 Å². The van der Waals surface area contributed by atoms with Crippen LogP contribution in [0.25, 0.3) is 0 Å². The number of benzene rings is 1. The van der Waals surface area contributed by atoms with Crippen molar-refractivity contribution in [3.05, 3.63) is 52.6 Å². The zero-order valence-electron chi connectivity index (χ0n) is 10.2. The lowest BCUT2D eigenvalue weighted by Crippen LogP contribution is -2.44. The molecule has 1 aromatic carbocycles. The number of nitro groups is 1. The lowest BCUT2D eigenvalue weighted by molar-refractivity contribution is -0.384. The standard InChI is InChI=1S/C13H17N3O2/c1-2-13(15-9-7-14-8-10-15)11-3-5-12(6-4-11)16(17)18/h2-6,13-14H,1,7-10H2/t13-/m0/s1. The van der Waals surface area contributed by atoms with Gasteiger partial charge in [0.1, 0.15) is 0 Å². The summed E-state index contributed by atoms with van der Waals surface area (Å²) in [7, 11) is 0. The predicted octanol–water partition coefficient (Wildman–Crippen LogP) is 1.73. The summed E-state index contributed by atoms with van der Waals surface area (Å²) in [5, 5.41) is 13.9. The molecule has 18 heavy (non-hydrogen) atoms. The van der Waals surface area contributed by atoms with Gasteiger partial charge in [0.15, 0.2) is 0 Å². The van der Waals surface area contributed by atoms with Gasteiger partial charge in [-0.1, -0.05) is 18.2 Å². The third kappa shape index (κ3) is 2.75. The van der Waals surface area contributed by atoms with Crippen molar-refractivity contribution in [2.24, 2.45) is 0 Å². The molecule has 1 aromatic rings. The molecule has 0 aliphatic carbocycles. The van der Waals surface area contributed by atoms with Crippen LogP contribution in [0.2, 0.25) is 0 Å². The van der Waals surface area contributed by atoms with Crippen LogP contribution in [-0.2, 0) is 0 Å². The van der Waals surface area contributed by atoms with Gasteiger partial charge >= 0.3 is 0 Å². The molecule has 0 bridgehead atoms. The van der Waals surface area contributed by atoms with E-state index in [-0.39, 0.29) is 16.7 Å². The van der Waals surface area contributed by atoms with Crippen LogP contribution in [0.15, 0.2) is 36.9 Å². The Hall–Kier alpha value is -1.72. The van der Waals surface area contributed by atoms with E-state index in [2.05, 4.69) is 16.8 Å². The van der Waals surface area contributed by atoms with Gasteiger partial charge in [0.05, 0.1) is 11.0 Å². The Balaban J connectivity index is 2.16. The van der Waals surface area contributed by atoms with E-state index in [9.17, 15) is 10.1 Å². The fraction of sp³-hybridized carbons (Fsp3) is 0.385. The number of non-ortho nitro benzene ring substituents is 1. The Labute approximate surface area is 106 Å². The molecule has 0 saturated carbocycles. The second-order valence-corrected chi connectivity index (χ2v) is 4.32. The van der Waals surface area contributed by atoms with Crippen molar-refractivity contribution in [3.63, 3.8) is 0 Å². The molecule has 1 heterocycles. The first kappa shape index (κ1) is 12.7. The minimum atomic E-state index is -0.377. The second kappa shape index (κ2) is 5.75. The first-order valence-electron chi connectivity index (χ1n) is 6.04. The maximum atomic E-state index is 10.6. The summed E-state index contributed by atoms with van der Waals surface area (Å²) in [6.07, 6.45) is 1.90. The zero-order chi connectivity index (χ0) is 13.0. The van der Waals surface area contributed by atoms with Crippen molar-refractivity contribution in [2.75, 3.05) is 26.2 Å². The highest BCUT2D eigenvalue weighted by Crippen LogP contribution is 2.24. The maximum absolute atomic E-state index is 10.6. The van der Waals surface area contributed by atoms with Gasteiger partial charge in [0, 0.05) is 38.3 Å². The summed E-state index contributed by atoms with van der Waals surface area (Å²) >= 11 is 0. The maximum Gasteiger partial charge on any atom is 0.269 e. The van der Waals surface area contributed by atoms with E-state index in [0.29, 0.717) is 0 Å². The molecule has 0 aromatic heterocycles. The van der Waals surface area contributed by atoms with Crippen LogP contribution in [0.3, 0.4) is 0 Å². The van der Waals surface area contributed by atoms with E-state index in [4.69, 9.17) is 0 Å². The van der Waals surface area contributed by atoms with Gasteiger partial charge in [0.2, 0.25) is 0 Å². The number of nitro benzene ring substituents is 1. The molecule has 1 N–H and O–H groups in total. The number of nitrogens with one attached hydrogen (secondary N) is 1. The summed E-state index contributed by atoms with van der Waals surface area (Å²) in [6, 6.07) is 6.86. The van der Waals surface area contributed by atoms with Crippen molar-refractivity contribution >= 4 is 5.69 Å². The molecule has 0 radical (unpaired) electrons. The number of rotatable bonds is 4. The second-order valence-electron chi connectivity index (χ2n) is 4.32. The largest absolute Gasteiger partial charge is 0.314 e. The molecule has 5 heteroatoms. The smallest absolute Gasteiger partial charge is 0.269 e. The molecule has 1 aliphatic rings. The van der Waals surface area contributed by atoms with Crippen LogP contribution in [0.1, 0.15) is 11.6 Å². The van der Waals surface area contributed by atoms with E-state index >= 15 is 0 Å². The highest BCUT2D eigenvalue weighted by Gasteiger charge is 2.19. The van der Waals surface area contributed by atoms with Crippen molar-refractivity contribution in [1.82, 2.24) is 10.2 Å². The molecule has 0 amide bonds. The van der Waals surface area contributed by atoms with E-state index < -0.39 is 0 Å². The summed E-state index contributed by atoms with van der Waals surface area (Å²) in [5.74, 6) is 0. The van der Waals surface area contributed by atoms with Gasteiger partial charge in [-0.25, -0.2) is 0 Å². The third-order valence-corrected chi connectivity index (χ3v) is 3.21. The first-order chi connectivity index (χ1) is 8.72. The molecule has 0 spiro atoms. The number of piperazine rings is 1. The Morgan fingerprint density at radius 2 is 1.94 bits per heavy atom. The molecule has 0 unspecified atom stereocenters. The van der Waals surface area contributed by atoms with E-state index in [0.717, 1.165) is 31.7 Å². The SMILES string of the molecule is C=C[C@@H](c1ccc([N+](=O)[O-])cc1)N1CCNCC1. The van der Waals surface area contributed by atoms with Gasteiger partial charge in [-0.2, -0.15) is 0 Å². The number of nitrogens with zero attached hydrogens (tertiary/aromatic N) is 2. The average molecular weight is 247 g/mol. The van der Waals surface area contributed by atoms with Gasteiger partial charge in [-0.15, -0.1) is 6.58 Å². The highest BCUT2D eigenvalue weighted by molar-refractivity contribution is 5.35. The lowest BCUT2D eigenvalue weighted by atomic mass is 10.0. The van der Waals surface area contributed by atoms with Crippen LogP contribution < -0.4 is 5.32 Å². The summed E-state index contributed by atoms with van der Waals surface area (Å²) in [5.41, 5.74) is 1.18. The van der Waals surface area contributed by atoms with Crippen molar-refractivity contribution in [3.8, 4) is 0 Å². The van der Waals surface area contributed by atoms with Gasteiger partial charge in [-0.05, 0) is 5.56 Å². The van der Waals surface area contributed by atoms with Gasteiger partial charge in [-0.3, -0.25) is 15.0 Å². The third-order valence-electron chi connectivity index (χ3n) is 3.21. The first-order valence-corrected chi connectivity index (χ1v) is 6.04.